The summed E-state index contributed by atoms with van der Waals surface area (Å²) in [5, 5.41) is 12.0. The standard InChI is InChI=1S/C13H22N2O3/c1-17-12-3-4-13(18-2)10(7-12)5-6-15-8-11(14)9-16/h3-4,7,11,15-16H,5-6,8-9,14H2,1-2H3. The minimum atomic E-state index is -0.211. The molecule has 0 aliphatic rings. The molecular formula is C13H22N2O3. The number of aliphatic hydroxyl groups is 1. The number of ether oxygens (including phenoxy) is 2. The molecule has 0 aliphatic heterocycles. The third-order valence-corrected chi connectivity index (χ3v) is 2.70. The lowest BCUT2D eigenvalue weighted by Gasteiger charge is -2.12. The lowest BCUT2D eigenvalue weighted by atomic mass is 10.1. The van der Waals surface area contributed by atoms with E-state index in [1.165, 1.54) is 0 Å². The Hall–Kier alpha value is -1.30. The number of nitrogens with two attached hydrogens (primary N) is 1. The van der Waals surface area contributed by atoms with Crippen LogP contribution in [-0.4, -0.2) is 45.1 Å². The van der Waals surface area contributed by atoms with Crippen LogP contribution < -0.4 is 20.5 Å². The quantitative estimate of drug-likeness (QED) is 0.576. The zero-order chi connectivity index (χ0) is 13.4. The highest BCUT2D eigenvalue weighted by Gasteiger charge is 2.05. The van der Waals surface area contributed by atoms with Crippen LogP contribution in [0.15, 0.2) is 18.2 Å². The number of methoxy groups -OCH3 is 2. The summed E-state index contributed by atoms with van der Waals surface area (Å²) in [6, 6.07) is 5.52. The van der Waals surface area contributed by atoms with E-state index in [1.807, 2.05) is 18.2 Å². The van der Waals surface area contributed by atoms with Gasteiger partial charge < -0.3 is 25.6 Å². The Morgan fingerprint density at radius 3 is 2.72 bits per heavy atom. The minimum absolute atomic E-state index is 0.00448. The normalized spacial score (nSPS) is 12.2. The smallest absolute Gasteiger partial charge is 0.122 e. The van der Waals surface area contributed by atoms with Crippen molar-refractivity contribution in [2.45, 2.75) is 12.5 Å². The van der Waals surface area contributed by atoms with Crippen molar-refractivity contribution in [1.29, 1.82) is 0 Å². The SMILES string of the molecule is COc1ccc(OC)c(CCNCC(N)CO)c1. The Balaban J connectivity index is 2.49. The number of aliphatic hydroxyl groups excluding tert-OH is 1. The van der Waals surface area contributed by atoms with Crippen molar-refractivity contribution >= 4 is 0 Å². The van der Waals surface area contributed by atoms with E-state index in [2.05, 4.69) is 5.32 Å². The van der Waals surface area contributed by atoms with Gasteiger partial charge in [0, 0.05) is 12.6 Å². The molecule has 1 aromatic rings. The fourth-order valence-corrected chi connectivity index (χ4v) is 1.65. The summed E-state index contributed by atoms with van der Waals surface area (Å²) in [6.45, 7) is 1.37. The first-order chi connectivity index (χ1) is 8.71. The molecule has 0 bridgehead atoms. The number of rotatable bonds is 8. The number of nitrogens with one attached hydrogen (secondary N) is 1. The van der Waals surface area contributed by atoms with Crippen LogP contribution in [0.5, 0.6) is 11.5 Å². The fraction of sp³-hybridized carbons (Fsp3) is 0.538. The van der Waals surface area contributed by atoms with Crippen LogP contribution in [0.4, 0.5) is 0 Å². The van der Waals surface area contributed by atoms with Gasteiger partial charge in [0.2, 0.25) is 0 Å². The van der Waals surface area contributed by atoms with Gasteiger partial charge in [0.25, 0.3) is 0 Å². The molecule has 0 radical (unpaired) electrons. The van der Waals surface area contributed by atoms with Crippen LogP contribution in [0, 0.1) is 0 Å². The molecule has 5 heteroatoms. The predicted molar refractivity (Wildman–Crippen MR) is 71.2 cm³/mol. The van der Waals surface area contributed by atoms with E-state index >= 15 is 0 Å². The Morgan fingerprint density at radius 2 is 2.11 bits per heavy atom. The molecule has 1 rings (SSSR count). The van der Waals surface area contributed by atoms with Gasteiger partial charge in [0.15, 0.2) is 0 Å². The number of hydrogen-bond donors (Lipinski definition) is 3. The summed E-state index contributed by atoms with van der Waals surface area (Å²) in [5.74, 6) is 1.67. The van der Waals surface area contributed by atoms with Crippen molar-refractivity contribution in [3.8, 4) is 11.5 Å². The van der Waals surface area contributed by atoms with Crippen molar-refractivity contribution in [3.05, 3.63) is 23.8 Å². The van der Waals surface area contributed by atoms with Gasteiger partial charge in [0.1, 0.15) is 11.5 Å². The summed E-state index contributed by atoms with van der Waals surface area (Å²) in [7, 11) is 3.30. The Bertz CT molecular complexity index is 358. The monoisotopic (exact) mass is 254 g/mol. The molecule has 0 amide bonds. The summed E-state index contributed by atoms with van der Waals surface area (Å²) in [5.41, 5.74) is 6.68. The number of benzene rings is 1. The Kier molecular flexibility index (Phi) is 6.49. The van der Waals surface area contributed by atoms with E-state index in [0.29, 0.717) is 6.54 Å². The van der Waals surface area contributed by atoms with E-state index in [9.17, 15) is 0 Å². The van der Waals surface area contributed by atoms with Crippen molar-refractivity contribution < 1.29 is 14.6 Å². The third kappa shape index (κ3) is 4.52. The fourth-order valence-electron chi connectivity index (χ4n) is 1.65. The molecule has 1 atom stereocenters. The van der Waals surface area contributed by atoms with E-state index < -0.39 is 0 Å². The molecule has 5 nitrogen and oxygen atoms in total. The molecule has 0 aliphatic carbocycles. The van der Waals surface area contributed by atoms with Gasteiger partial charge in [0.05, 0.1) is 20.8 Å². The molecule has 1 aromatic carbocycles. The maximum Gasteiger partial charge on any atom is 0.122 e. The largest absolute Gasteiger partial charge is 0.497 e. The van der Waals surface area contributed by atoms with E-state index in [4.69, 9.17) is 20.3 Å². The van der Waals surface area contributed by atoms with Crippen molar-refractivity contribution in [2.24, 2.45) is 5.73 Å². The highest BCUT2D eigenvalue weighted by atomic mass is 16.5. The lowest BCUT2D eigenvalue weighted by molar-refractivity contribution is 0.262. The Morgan fingerprint density at radius 1 is 1.33 bits per heavy atom. The highest BCUT2D eigenvalue weighted by molar-refractivity contribution is 5.40. The first-order valence-corrected chi connectivity index (χ1v) is 5.99. The van der Waals surface area contributed by atoms with E-state index in [-0.39, 0.29) is 12.6 Å². The molecule has 0 saturated carbocycles. The predicted octanol–water partition coefficient (Wildman–Crippen LogP) is 0.156. The van der Waals surface area contributed by atoms with Crippen molar-refractivity contribution in [2.75, 3.05) is 33.9 Å². The lowest BCUT2D eigenvalue weighted by Crippen LogP contribution is -2.37. The average Bonchev–Trinajstić information content (AvgIpc) is 2.42. The molecule has 1 unspecified atom stereocenters. The van der Waals surface area contributed by atoms with Crippen LogP contribution in [0.2, 0.25) is 0 Å². The molecule has 0 aromatic heterocycles. The molecular weight excluding hydrogens is 232 g/mol. The summed E-state index contributed by atoms with van der Waals surface area (Å²) >= 11 is 0. The second-order valence-electron chi connectivity index (χ2n) is 4.07. The zero-order valence-corrected chi connectivity index (χ0v) is 11.0. The molecule has 102 valence electrons. The van der Waals surface area contributed by atoms with Gasteiger partial charge in [-0.2, -0.15) is 0 Å². The van der Waals surface area contributed by atoms with Gasteiger partial charge in [-0.05, 0) is 36.7 Å². The van der Waals surface area contributed by atoms with Gasteiger partial charge in [-0.25, -0.2) is 0 Å². The molecule has 0 spiro atoms. The van der Waals surface area contributed by atoms with Crippen molar-refractivity contribution in [3.63, 3.8) is 0 Å². The molecule has 18 heavy (non-hydrogen) atoms. The Labute approximate surface area is 108 Å². The zero-order valence-electron chi connectivity index (χ0n) is 11.0. The van der Waals surface area contributed by atoms with Crippen LogP contribution in [0.1, 0.15) is 5.56 Å². The second kappa shape index (κ2) is 7.92. The summed E-state index contributed by atoms with van der Waals surface area (Å²) in [6.07, 6.45) is 0.818. The van der Waals surface area contributed by atoms with Crippen LogP contribution in [0.25, 0.3) is 0 Å². The summed E-state index contributed by atoms with van der Waals surface area (Å²) in [4.78, 5) is 0. The van der Waals surface area contributed by atoms with Crippen LogP contribution in [0.3, 0.4) is 0 Å². The minimum Gasteiger partial charge on any atom is -0.497 e. The maximum absolute atomic E-state index is 8.80. The molecule has 0 heterocycles. The third-order valence-electron chi connectivity index (χ3n) is 2.70. The molecule has 4 N–H and O–H groups in total. The van der Waals surface area contributed by atoms with Crippen LogP contribution in [-0.2, 0) is 6.42 Å². The molecule has 0 saturated heterocycles. The van der Waals surface area contributed by atoms with E-state index in [0.717, 1.165) is 30.0 Å². The van der Waals surface area contributed by atoms with Crippen molar-refractivity contribution in [1.82, 2.24) is 5.32 Å². The maximum atomic E-state index is 8.80. The van der Waals surface area contributed by atoms with E-state index in [1.54, 1.807) is 14.2 Å². The second-order valence-corrected chi connectivity index (χ2v) is 4.07. The van der Waals surface area contributed by atoms with Gasteiger partial charge in [-0.3, -0.25) is 0 Å². The van der Waals surface area contributed by atoms with Gasteiger partial charge in [-0.15, -0.1) is 0 Å². The topological polar surface area (TPSA) is 76.7 Å². The number of hydrogen-bond acceptors (Lipinski definition) is 5. The van der Waals surface area contributed by atoms with Gasteiger partial charge in [-0.1, -0.05) is 0 Å². The first kappa shape index (κ1) is 14.8. The average molecular weight is 254 g/mol. The van der Waals surface area contributed by atoms with Crippen LogP contribution >= 0.6 is 0 Å². The first-order valence-electron chi connectivity index (χ1n) is 5.99. The summed E-state index contributed by atoms with van der Waals surface area (Å²) < 4.78 is 10.5. The highest BCUT2D eigenvalue weighted by Crippen LogP contribution is 2.23. The van der Waals surface area contributed by atoms with Gasteiger partial charge >= 0.3 is 0 Å². The molecule has 0 fully saturated rings.